The highest BCUT2D eigenvalue weighted by Crippen LogP contribution is 2.46. The standard InChI is InChI=1S/C23H25NO5.C22H23NO5.C2H6/c1-27-20(25)13-24-19-12-16(23(26)28-2)8-9-18(19)21(15-6-4-3-5-7-15)22(24)17-10-11-29-14-17;1-27-22(26)15-7-8-17-18(11-15)23(12-19(24)25)21(16-9-10-28-13-16)20(17)14-5-3-2-4-6-14;1-2/h8-12,14-15H,3-7,13H2,1-2H3;7-11,13-14H,2-6,12H2,1H3,(H,24,25);1-2H3. The van der Waals surface area contributed by atoms with Crippen LogP contribution in [0.3, 0.4) is 0 Å². The van der Waals surface area contributed by atoms with Crippen molar-refractivity contribution in [2.45, 2.75) is 103 Å². The molecule has 2 aromatic carbocycles. The van der Waals surface area contributed by atoms with Crippen LogP contribution in [0, 0.1) is 0 Å². The summed E-state index contributed by atoms with van der Waals surface area (Å²) in [6.07, 6.45) is 18.2. The Hall–Kier alpha value is -6.04. The molecule has 0 radical (unpaired) electrons. The van der Waals surface area contributed by atoms with Gasteiger partial charge in [-0.1, -0.05) is 64.5 Å². The number of rotatable bonds is 10. The Bertz CT molecular complexity index is 2370. The monoisotopic (exact) mass is 806 g/mol. The molecule has 0 spiro atoms. The minimum absolute atomic E-state index is 0.0604. The van der Waals surface area contributed by atoms with Crippen molar-refractivity contribution in [3.63, 3.8) is 0 Å². The van der Waals surface area contributed by atoms with Crippen LogP contribution in [-0.2, 0) is 36.9 Å². The lowest BCUT2D eigenvalue weighted by molar-refractivity contribution is -0.141. The summed E-state index contributed by atoms with van der Waals surface area (Å²) in [5, 5.41) is 11.6. The zero-order chi connectivity index (χ0) is 42.1. The Balaban J connectivity index is 0.000000191. The molecule has 2 aliphatic carbocycles. The number of aliphatic carboxylic acids is 1. The Morgan fingerprint density at radius 2 is 1.03 bits per heavy atom. The summed E-state index contributed by atoms with van der Waals surface area (Å²) < 4.78 is 29.1. The number of hydrogen-bond donors (Lipinski definition) is 1. The molecule has 8 rings (SSSR count). The number of carbonyl (C=O) groups is 4. The summed E-state index contributed by atoms with van der Waals surface area (Å²) in [5.41, 5.74) is 8.44. The smallest absolute Gasteiger partial charge is 0.337 e. The highest BCUT2D eigenvalue weighted by atomic mass is 16.5. The van der Waals surface area contributed by atoms with Crippen LogP contribution in [0.1, 0.15) is 122 Å². The van der Waals surface area contributed by atoms with Crippen LogP contribution in [-0.4, -0.2) is 59.4 Å². The first-order valence-electron chi connectivity index (χ1n) is 20.6. The molecule has 0 aliphatic heterocycles. The van der Waals surface area contributed by atoms with Crippen molar-refractivity contribution in [1.82, 2.24) is 9.13 Å². The first-order chi connectivity index (χ1) is 28.7. The van der Waals surface area contributed by atoms with E-state index >= 15 is 0 Å². The van der Waals surface area contributed by atoms with Crippen LogP contribution in [0.5, 0.6) is 0 Å². The van der Waals surface area contributed by atoms with Crippen LogP contribution in [0.4, 0.5) is 0 Å². The van der Waals surface area contributed by atoms with E-state index < -0.39 is 17.9 Å². The maximum absolute atomic E-state index is 12.2. The summed E-state index contributed by atoms with van der Waals surface area (Å²) in [5.74, 6) is -1.35. The molecule has 2 fully saturated rings. The SMILES string of the molecule is CC.COC(=O)Cn1c(-c2ccoc2)c(C2CCCCC2)c2ccc(C(=O)OC)cc21.COC(=O)c1ccc2c(C3CCCCC3)c(-c3ccoc3)n(CC(=O)O)c2c1. The summed E-state index contributed by atoms with van der Waals surface area (Å²) >= 11 is 0. The number of hydrogen-bond acceptors (Lipinski definition) is 9. The zero-order valence-corrected chi connectivity index (χ0v) is 34.6. The van der Waals surface area contributed by atoms with Crippen LogP contribution < -0.4 is 0 Å². The predicted octanol–water partition coefficient (Wildman–Crippen LogP) is 10.8. The number of carbonyl (C=O) groups excluding carboxylic acids is 3. The van der Waals surface area contributed by atoms with Gasteiger partial charge in [0.2, 0.25) is 0 Å². The average Bonchev–Trinajstić information content (AvgIpc) is 4.11. The Morgan fingerprint density at radius 1 is 0.610 bits per heavy atom. The van der Waals surface area contributed by atoms with Crippen LogP contribution in [0.15, 0.2) is 82.4 Å². The van der Waals surface area contributed by atoms with Gasteiger partial charge < -0.3 is 37.3 Å². The summed E-state index contributed by atoms with van der Waals surface area (Å²) in [6, 6.07) is 14.8. The third kappa shape index (κ3) is 9.01. The second kappa shape index (κ2) is 19.6. The Morgan fingerprint density at radius 3 is 1.39 bits per heavy atom. The molecule has 0 saturated heterocycles. The minimum Gasteiger partial charge on any atom is -0.480 e. The quantitative estimate of drug-likeness (QED) is 0.105. The molecule has 0 amide bonds. The molecule has 4 heterocycles. The molecule has 0 atom stereocenters. The van der Waals surface area contributed by atoms with Crippen molar-refractivity contribution in [1.29, 1.82) is 0 Å². The van der Waals surface area contributed by atoms with E-state index in [1.807, 2.05) is 42.7 Å². The van der Waals surface area contributed by atoms with E-state index in [9.17, 15) is 24.3 Å². The van der Waals surface area contributed by atoms with Gasteiger partial charge in [0.05, 0.1) is 79.9 Å². The molecule has 2 saturated carbocycles. The predicted molar refractivity (Wildman–Crippen MR) is 225 cm³/mol. The highest BCUT2D eigenvalue weighted by Gasteiger charge is 2.30. The maximum atomic E-state index is 12.2. The van der Waals surface area contributed by atoms with Gasteiger partial charge in [-0.25, -0.2) is 9.59 Å². The van der Waals surface area contributed by atoms with E-state index in [1.165, 1.54) is 65.4 Å². The number of nitrogens with zero attached hydrogens (tertiary/aromatic N) is 2. The maximum Gasteiger partial charge on any atom is 0.337 e. The molecule has 12 heteroatoms. The van der Waals surface area contributed by atoms with Crippen molar-refractivity contribution in [3.8, 4) is 22.5 Å². The lowest BCUT2D eigenvalue weighted by atomic mass is 9.82. The van der Waals surface area contributed by atoms with Gasteiger partial charge in [-0.3, -0.25) is 9.59 Å². The molecule has 59 heavy (non-hydrogen) atoms. The molecule has 312 valence electrons. The number of aromatic nitrogens is 2. The molecule has 4 aromatic heterocycles. The molecule has 6 aromatic rings. The fourth-order valence-electron chi connectivity index (χ4n) is 8.93. The summed E-state index contributed by atoms with van der Waals surface area (Å²) in [7, 11) is 4.09. The lowest BCUT2D eigenvalue weighted by Crippen LogP contribution is -2.13. The lowest BCUT2D eigenvalue weighted by Gasteiger charge is -2.23. The zero-order valence-electron chi connectivity index (χ0n) is 34.6. The molecule has 2 aliphatic rings. The van der Waals surface area contributed by atoms with Gasteiger partial charge in [-0.05, 0) is 85.0 Å². The number of carboxylic acids is 1. The number of benzene rings is 2. The van der Waals surface area contributed by atoms with Gasteiger partial charge in [-0.15, -0.1) is 0 Å². The van der Waals surface area contributed by atoms with E-state index in [1.54, 1.807) is 53.9 Å². The number of methoxy groups -OCH3 is 3. The first kappa shape index (κ1) is 42.6. The molecule has 12 nitrogen and oxygen atoms in total. The highest BCUT2D eigenvalue weighted by molar-refractivity contribution is 6.00. The second-order valence-electron chi connectivity index (χ2n) is 14.8. The van der Waals surface area contributed by atoms with Gasteiger partial charge in [0.25, 0.3) is 0 Å². The van der Waals surface area contributed by atoms with Gasteiger partial charge in [0, 0.05) is 21.9 Å². The Kier molecular flexibility index (Phi) is 14.1. The van der Waals surface area contributed by atoms with Crippen LogP contribution >= 0.6 is 0 Å². The first-order valence-corrected chi connectivity index (χ1v) is 20.6. The molecular formula is C47H54N2O10. The Labute approximate surface area is 344 Å². The number of ether oxygens (including phenoxy) is 3. The average molecular weight is 807 g/mol. The number of fused-ring (bicyclic) bond motifs is 2. The van der Waals surface area contributed by atoms with Crippen molar-refractivity contribution in [2.75, 3.05) is 21.3 Å². The van der Waals surface area contributed by atoms with Gasteiger partial charge in [0.1, 0.15) is 13.1 Å². The fraction of sp³-hybridized carbons (Fsp3) is 0.404. The third-order valence-electron chi connectivity index (χ3n) is 11.5. The van der Waals surface area contributed by atoms with E-state index in [0.717, 1.165) is 75.6 Å². The van der Waals surface area contributed by atoms with Gasteiger partial charge in [-0.2, -0.15) is 0 Å². The number of esters is 3. The fourth-order valence-corrected chi connectivity index (χ4v) is 8.93. The number of furan rings is 2. The normalized spacial score (nSPS) is 14.5. The van der Waals surface area contributed by atoms with Crippen LogP contribution in [0.2, 0.25) is 0 Å². The molecule has 0 unspecified atom stereocenters. The molecule has 1 N–H and O–H groups in total. The van der Waals surface area contributed by atoms with E-state index in [-0.39, 0.29) is 19.1 Å². The van der Waals surface area contributed by atoms with Crippen molar-refractivity contribution in [3.05, 3.63) is 95.8 Å². The van der Waals surface area contributed by atoms with E-state index in [4.69, 9.17) is 23.0 Å². The molecular weight excluding hydrogens is 753 g/mol. The molecule has 0 bridgehead atoms. The van der Waals surface area contributed by atoms with E-state index in [0.29, 0.717) is 23.0 Å². The van der Waals surface area contributed by atoms with Gasteiger partial charge in [0.15, 0.2) is 0 Å². The minimum atomic E-state index is -0.930. The summed E-state index contributed by atoms with van der Waals surface area (Å²) in [6.45, 7) is 3.87. The number of carboxylic acid groups (broad SMARTS) is 1. The largest absolute Gasteiger partial charge is 0.480 e. The van der Waals surface area contributed by atoms with E-state index in [2.05, 4.69) is 0 Å². The topological polar surface area (TPSA) is 152 Å². The second-order valence-corrected chi connectivity index (χ2v) is 14.8. The third-order valence-corrected chi connectivity index (χ3v) is 11.5. The van der Waals surface area contributed by atoms with Gasteiger partial charge >= 0.3 is 23.9 Å². The van der Waals surface area contributed by atoms with Crippen LogP contribution in [0.25, 0.3) is 44.3 Å². The summed E-state index contributed by atoms with van der Waals surface area (Å²) in [4.78, 5) is 48.1. The van der Waals surface area contributed by atoms with Crippen molar-refractivity contribution >= 4 is 45.7 Å². The van der Waals surface area contributed by atoms with Crippen molar-refractivity contribution < 1.29 is 47.3 Å². The van der Waals surface area contributed by atoms with Crippen molar-refractivity contribution in [2.24, 2.45) is 0 Å².